The molecule has 0 bridgehead atoms. The summed E-state index contributed by atoms with van der Waals surface area (Å²) in [5.41, 5.74) is 4.94. The number of carbonyl (C=O) groups is 1. The molecule has 0 aromatic rings. The Morgan fingerprint density at radius 1 is 1.78 bits per heavy atom. The van der Waals surface area contributed by atoms with E-state index in [-0.39, 0.29) is 67.7 Å². The van der Waals surface area contributed by atoms with Crippen molar-refractivity contribution in [1.29, 1.82) is 0 Å². The SMILES string of the molecule is N[C@@H](CS)C(=O)O.[H-].[H-].[Na+].[Na+]. The van der Waals surface area contributed by atoms with Crippen LogP contribution in [-0.2, 0) is 4.79 Å². The zero-order chi connectivity index (χ0) is 5.86. The van der Waals surface area contributed by atoms with E-state index in [1.54, 1.807) is 0 Å². The third-order valence-electron chi connectivity index (χ3n) is 0.514. The van der Waals surface area contributed by atoms with Crippen LogP contribution >= 0.6 is 12.6 Å². The summed E-state index contributed by atoms with van der Waals surface area (Å²) < 4.78 is 0. The second kappa shape index (κ2) is 9.78. The molecule has 0 aliphatic carbocycles. The largest absolute Gasteiger partial charge is 1.00 e. The number of nitrogens with two attached hydrogens (primary N) is 1. The van der Waals surface area contributed by atoms with Gasteiger partial charge in [0.25, 0.3) is 0 Å². The van der Waals surface area contributed by atoms with E-state index >= 15 is 0 Å². The number of rotatable bonds is 2. The van der Waals surface area contributed by atoms with Gasteiger partial charge in [-0.2, -0.15) is 12.6 Å². The van der Waals surface area contributed by atoms with Gasteiger partial charge in [0.05, 0.1) is 0 Å². The van der Waals surface area contributed by atoms with Crippen molar-refractivity contribution < 1.29 is 71.9 Å². The van der Waals surface area contributed by atoms with Crippen molar-refractivity contribution in [3.63, 3.8) is 0 Å². The molecule has 0 heterocycles. The average molecular weight is 169 g/mol. The number of hydrogen-bond acceptors (Lipinski definition) is 3. The number of carboxylic acid groups (broad SMARTS) is 1. The Morgan fingerprint density at radius 3 is 2.11 bits per heavy atom. The molecule has 0 saturated carbocycles. The Hall–Kier alpha value is 1.78. The van der Waals surface area contributed by atoms with E-state index in [1.165, 1.54) is 0 Å². The average Bonchev–Trinajstić information content (AvgIpc) is 1.65. The van der Waals surface area contributed by atoms with Gasteiger partial charge in [-0.15, -0.1) is 0 Å². The normalized spacial score (nSPS) is 10.4. The monoisotopic (exact) mass is 169 g/mol. The molecule has 0 fully saturated rings. The molecular weight excluding hydrogens is 160 g/mol. The standard InChI is InChI=1S/C3H7NO2S.2Na.2H/c4-2(1-7)3(5)6;;;;/h2,7H,1,4H2,(H,5,6);;;;/q;2*+1;2*-1/t2-;;;;/m0..../s1. The zero-order valence-corrected chi connectivity index (χ0v) is 10.6. The third kappa shape index (κ3) is 9.78. The van der Waals surface area contributed by atoms with Crippen LogP contribution in [0.1, 0.15) is 2.85 Å². The number of thiol groups is 1. The van der Waals surface area contributed by atoms with Gasteiger partial charge in [-0.3, -0.25) is 4.79 Å². The Morgan fingerprint density at radius 2 is 2.11 bits per heavy atom. The molecule has 3 N–H and O–H groups in total. The van der Waals surface area contributed by atoms with Crippen molar-refractivity contribution in [1.82, 2.24) is 0 Å². The van der Waals surface area contributed by atoms with Crippen LogP contribution in [0.25, 0.3) is 0 Å². The Labute approximate surface area is 107 Å². The molecular formula is C3H9NNa2O2S. The van der Waals surface area contributed by atoms with E-state index in [4.69, 9.17) is 10.8 Å². The summed E-state index contributed by atoms with van der Waals surface area (Å²) in [6, 6.07) is -0.816. The van der Waals surface area contributed by atoms with Crippen molar-refractivity contribution in [3.8, 4) is 0 Å². The predicted octanol–water partition coefficient (Wildman–Crippen LogP) is -6.44. The summed E-state index contributed by atoms with van der Waals surface area (Å²) in [5.74, 6) is -0.815. The maximum atomic E-state index is 9.76. The van der Waals surface area contributed by atoms with Crippen molar-refractivity contribution in [2.45, 2.75) is 6.04 Å². The molecule has 0 rings (SSSR count). The summed E-state index contributed by atoms with van der Waals surface area (Å²) >= 11 is 3.65. The number of aliphatic carboxylic acids is 1. The molecule has 0 spiro atoms. The van der Waals surface area contributed by atoms with Gasteiger partial charge in [0.1, 0.15) is 6.04 Å². The first kappa shape index (κ1) is 17.0. The van der Waals surface area contributed by atoms with E-state index in [0.29, 0.717) is 0 Å². The Balaban J connectivity index is -0.0000000300. The first-order valence-electron chi connectivity index (χ1n) is 1.77. The van der Waals surface area contributed by atoms with Gasteiger partial charge in [0, 0.05) is 5.75 Å². The van der Waals surface area contributed by atoms with Gasteiger partial charge in [0.15, 0.2) is 0 Å². The minimum Gasteiger partial charge on any atom is -1.00 e. The van der Waals surface area contributed by atoms with E-state index in [1.807, 2.05) is 0 Å². The molecule has 9 heavy (non-hydrogen) atoms. The van der Waals surface area contributed by atoms with Crippen LogP contribution in [0.5, 0.6) is 0 Å². The van der Waals surface area contributed by atoms with Crippen LogP contribution < -0.4 is 64.8 Å². The van der Waals surface area contributed by atoms with Crippen LogP contribution in [-0.4, -0.2) is 22.9 Å². The Bertz CT molecular complexity index is 89.7. The third-order valence-corrected chi connectivity index (χ3v) is 0.907. The van der Waals surface area contributed by atoms with E-state index in [0.717, 1.165) is 0 Å². The summed E-state index contributed by atoms with van der Waals surface area (Å²) in [4.78, 5) is 9.76. The van der Waals surface area contributed by atoms with Crippen molar-refractivity contribution in [2.75, 3.05) is 5.75 Å². The molecule has 46 valence electrons. The van der Waals surface area contributed by atoms with E-state index in [9.17, 15) is 4.79 Å². The fourth-order valence-corrected chi connectivity index (χ4v) is 0.234. The second-order valence-electron chi connectivity index (χ2n) is 1.13. The smallest absolute Gasteiger partial charge is 1.00 e. The zero-order valence-electron chi connectivity index (χ0n) is 7.66. The maximum Gasteiger partial charge on any atom is 1.00 e. The van der Waals surface area contributed by atoms with Crippen molar-refractivity contribution >= 4 is 18.6 Å². The minimum atomic E-state index is -1.00. The van der Waals surface area contributed by atoms with E-state index < -0.39 is 12.0 Å². The van der Waals surface area contributed by atoms with Gasteiger partial charge in [-0.05, 0) is 0 Å². The van der Waals surface area contributed by atoms with Gasteiger partial charge in [0.2, 0.25) is 0 Å². The van der Waals surface area contributed by atoms with Crippen LogP contribution in [0.4, 0.5) is 0 Å². The molecule has 0 aromatic heterocycles. The molecule has 0 amide bonds. The first-order valence-corrected chi connectivity index (χ1v) is 2.41. The molecule has 0 aliphatic heterocycles. The molecule has 6 heteroatoms. The summed E-state index contributed by atoms with van der Waals surface area (Å²) in [6.07, 6.45) is 0. The number of hydrogen-bond donors (Lipinski definition) is 3. The Kier molecular flexibility index (Phi) is 18.5. The summed E-state index contributed by atoms with van der Waals surface area (Å²) in [5, 5.41) is 8.01. The quantitative estimate of drug-likeness (QED) is 0.284. The predicted molar refractivity (Wildman–Crippen MR) is 31.7 cm³/mol. The fourth-order valence-electron chi connectivity index (χ4n) is 0.0781. The van der Waals surface area contributed by atoms with Gasteiger partial charge < -0.3 is 13.7 Å². The molecule has 1 atom stereocenters. The first-order chi connectivity index (χ1) is 3.18. The molecule has 0 radical (unpaired) electrons. The maximum absolute atomic E-state index is 9.76. The molecule has 0 unspecified atom stereocenters. The van der Waals surface area contributed by atoms with Crippen LogP contribution in [0, 0.1) is 0 Å². The van der Waals surface area contributed by atoms with Crippen molar-refractivity contribution in [3.05, 3.63) is 0 Å². The van der Waals surface area contributed by atoms with Crippen LogP contribution in [0.3, 0.4) is 0 Å². The van der Waals surface area contributed by atoms with Gasteiger partial charge >= 0.3 is 65.1 Å². The molecule has 0 saturated heterocycles. The van der Waals surface area contributed by atoms with E-state index in [2.05, 4.69) is 12.6 Å². The van der Waals surface area contributed by atoms with Crippen molar-refractivity contribution in [2.24, 2.45) is 5.73 Å². The summed E-state index contributed by atoms with van der Waals surface area (Å²) in [7, 11) is 0. The van der Waals surface area contributed by atoms with Gasteiger partial charge in [-0.25, -0.2) is 0 Å². The molecule has 0 aromatic carbocycles. The topological polar surface area (TPSA) is 63.3 Å². The minimum absolute atomic E-state index is 0. The summed E-state index contributed by atoms with van der Waals surface area (Å²) in [6.45, 7) is 0. The second-order valence-corrected chi connectivity index (χ2v) is 1.49. The van der Waals surface area contributed by atoms with Crippen LogP contribution in [0.15, 0.2) is 0 Å². The number of carboxylic acids is 1. The fraction of sp³-hybridized carbons (Fsp3) is 0.667. The van der Waals surface area contributed by atoms with Crippen LogP contribution in [0.2, 0.25) is 0 Å². The van der Waals surface area contributed by atoms with Gasteiger partial charge in [-0.1, -0.05) is 0 Å². The molecule has 3 nitrogen and oxygen atoms in total. The molecule has 0 aliphatic rings.